The van der Waals surface area contributed by atoms with E-state index in [1.54, 1.807) is 7.11 Å². The van der Waals surface area contributed by atoms with E-state index in [2.05, 4.69) is 21.3 Å². The number of nitrogens with one attached hydrogen (secondary N) is 1. The summed E-state index contributed by atoms with van der Waals surface area (Å²) in [5.74, 6) is 2.31. The van der Waals surface area contributed by atoms with E-state index in [9.17, 15) is 4.79 Å². The van der Waals surface area contributed by atoms with Gasteiger partial charge < -0.3 is 24.4 Å². The van der Waals surface area contributed by atoms with Gasteiger partial charge in [-0.05, 0) is 42.3 Å². The molecule has 3 heterocycles. The summed E-state index contributed by atoms with van der Waals surface area (Å²) in [5, 5.41) is 5.76. The normalized spacial score (nSPS) is 15.5. The van der Waals surface area contributed by atoms with Crippen LogP contribution in [0.4, 0.5) is 10.8 Å². The summed E-state index contributed by atoms with van der Waals surface area (Å²) in [6, 6.07) is 12.0. The second-order valence-electron chi connectivity index (χ2n) is 8.12. The number of aromatic nitrogens is 1. The fraction of sp³-hybridized carbons (Fsp3) is 0.333. The fourth-order valence-electron chi connectivity index (χ4n) is 4.03. The molecule has 1 aromatic heterocycles. The molecule has 9 heteroatoms. The zero-order valence-electron chi connectivity index (χ0n) is 18.7. The number of ether oxygens (including phenoxy) is 3. The van der Waals surface area contributed by atoms with Gasteiger partial charge in [-0.1, -0.05) is 12.1 Å². The van der Waals surface area contributed by atoms with Crippen molar-refractivity contribution in [3.8, 4) is 17.2 Å². The summed E-state index contributed by atoms with van der Waals surface area (Å²) in [6.07, 6.45) is 0. The fourth-order valence-corrected chi connectivity index (χ4v) is 4.73. The Morgan fingerprint density at radius 3 is 2.76 bits per heavy atom. The molecule has 2 aliphatic rings. The van der Waals surface area contributed by atoms with Gasteiger partial charge in [0.2, 0.25) is 6.79 Å². The SMILES string of the molecule is COc1ccc(C)cc1Nc1nc(C(=O)N2CCN(Cc3ccc4c(c3)OCO4)CC2)cs1. The van der Waals surface area contributed by atoms with Gasteiger partial charge in [0, 0.05) is 38.1 Å². The summed E-state index contributed by atoms with van der Waals surface area (Å²) in [5.41, 5.74) is 3.60. The van der Waals surface area contributed by atoms with E-state index in [0.29, 0.717) is 23.9 Å². The third kappa shape index (κ3) is 4.74. The quantitative estimate of drug-likeness (QED) is 0.591. The number of hydrogen-bond donors (Lipinski definition) is 1. The van der Waals surface area contributed by atoms with Crippen LogP contribution in [0.2, 0.25) is 0 Å². The van der Waals surface area contributed by atoms with Gasteiger partial charge in [-0.3, -0.25) is 9.69 Å². The molecule has 172 valence electrons. The molecule has 1 fully saturated rings. The molecule has 8 nitrogen and oxygen atoms in total. The molecule has 0 bridgehead atoms. The van der Waals surface area contributed by atoms with E-state index in [0.717, 1.165) is 48.1 Å². The molecular weight excluding hydrogens is 440 g/mol. The third-order valence-corrected chi connectivity index (χ3v) is 6.58. The van der Waals surface area contributed by atoms with Crippen LogP contribution in [-0.4, -0.2) is 60.8 Å². The molecule has 0 unspecified atom stereocenters. The molecule has 2 aromatic carbocycles. The van der Waals surface area contributed by atoms with E-state index in [1.165, 1.54) is 16.9 Å². The van der Waals surface area contributed by atoms with Gasteiger partial charge >= 0.3 is 0 Å². The van der Waals surface area contributed by atoms with E-state index in [1.807, 2.05) is 47.5 Å². The number of piperazine rings is 1. The topological polar surface area (TPSA) is 76.2 Å². The van der Waals surface area contributed by atoms with Crippen LogP contribution in [0.5, 0.6) is 17.2 Å². The van der Waals surface area contributed by atoms with Gasteiger partial charge in [-0.15, -0.1) is 11.3 Å². The highest BCUT2D eigenvalue weighted by atomic mass is 32.1. The van der Waals surface area contributed by atoms with Gasteiger partial charge in [0.25, 0.3) is 5.91 Å². The number of anilines is 2. The molecule has 0 saturated carbocycles. The number of rotatable bonds is 6. The number of methoxy groups -OCH3 is 1. The maximum absolute atomic E-state index is 13.0. The van der Waals surface area contributed by atoms with Crippen molar-refractivity contribution in [1.29, 1.82) is 0 Å². The van der Waals surface area contributed by atoms with Crippen LogP contribution in [0.25, 0.3) is 0 Å². The second kappa shape index (κ2) is 9.29. The first kappa shape index (κ1) is 21.5. The minimum atomic E-state index is -0.0294. The van der Waals surface area contributed by atoms with Crippen molar-refractivity contribution in [2.45, 2.75) is 13.5 Å². The van der Waals surface area contributed by atoms with E-state index in [-0.39, 0.29) is 12.7 Å². The first-order valence-electron chi connectivity index (χ1n) is 10.9. The standard InChI is InChI=1S/C24H26N4O4S/c1-16-3-5-20(30-2)18(11-16)25-24-26-19(14-33-24)23(29)28-9-7-27(8-10-28)13-17-4-6-21-22(12-17)32-15-31-21/h3-6,11-12,14H,7-10,13,15H2,1-2H3,(H,25,26). The molecule has 5 rings (SSSR count). The predicted octanol–water partition coefficient (Wildman–Crippen LogP) is 3.89. The minimum Gasteiger partial charge on any atom is -0.495 e. The number of carbonyl (C=O) groups is 1. The van der Waals surface area contributed by atoms with Crippen molar-refractivity contribution in [3.63, 3.8) is 0 Å². The summed E-state index contributed by atoms with van der Waals surface area (Å²) < 4.78 is 16.3. The number of nitrogens with zero attached hydrogens (tertiary/aromatic N) is 3. The number of carbonyl (C=O) groups excluding carboxylic acids is 1. The Kier molecular flexibility index (Phi) is 6.06. The first-order valence-corrected chi connectivity index (χ1v) is 11.7. The summed E-state index contributed by atoms with van der Waals surface area (Å²) in [6.45, 7) is 6.11. The zero-order chi connectivity index (χ0) is 22.8. The van der Waals surface area contributed by atoms with Gasteiger partial charge in [-0.2, -0.15) is 0 Å². The summed E-state index contributed by atoms with van der Waals surface area (Å²) >= 11 is 1.42. The van der Waals surface area contributed by atoms with Gasteiger partial charge in [0.1, 0.15) is 11.4 Å². The van der Waals surface area contributed by atoms with Crippen molar-refractivity contribution in [1.82, 2.24) is 14.8 Å². The number of amides is 1. The van der Waals surface area contributed by atoms with Gasteiger partial charge in [0.15, 0.2) is 16.6 Å². The van der Waals surface area contributed by atoms with E-state index < -0.39 is 0 Å². The Bertz CT molecular complexity index is 1160. The van der Waals surface area contributed by atoms with Crippen LogP contribution in [0.15, 0.2) is 41.8 Å². The van der Waals surface area contributed by atoms with Crippen molar-refractivity contribution in [2.24, 2.45) is 0 Å². The van der Waals surface area contributed by atoms with Crippen molar-refractivity contribution in [3.05, 3.63) is 58.6 Å². The molecule has 0 spiro atoms. The number of fused-ring (bicyclic) bond motifs is 1. The lowest BCUT2D eigenvalue weighted by Crippen LogP contribution is -2.48. The van der Waals surface area contributed by atoms with Crippen molar-refractivity contribution < 1.29 is 19.0 Å². The number of benzene rings is 2. The van der Waals surface area contributed by atoms with Crippen molar-refractivity contribution >= 4 is 28.1 Å². The Hall–Kier alpha value is -3.30. The molecule has 0 atom stereocenters. The second-order valence-corrected chi connectivity index (χ2v) is 8.98. The van der Waals surface area contributed by atoms with Crippen LogP contribution < -0.4 is 19.5 Å². The summed E-state index contributed by atoms with van der Waals surface area (Å²) in [4.78, 5) is 21.8. The Morgan fingerprint density at radius 2 is 1.94 bits per heavy atom. The van der Waals surface area contributed by atoms with Crippen LogP contribution in [0, 0.1) is 6.92 Å². The molecule has 2 aliphatic heterocycles. The largest absolute Gasteiger partial charge is 0.495 e. The molecule has 0 aliphatic carbocycles. The summed E-state index contributed by atoms with van der Waals surface area (Å²) in [7, 11) is 1.64. The number of aryl methyl sites for hydroxylation is 1. The molecule has 1 amide bonds. The predicted molar refractivity (Wildman–Crippen MR) is 127 cm³/mol. The lowest BCUT2D eigenvalue weighted by molar-refractivity contribution is 0.0623. The highest BCUT2D eigenvalue weighted by Crippen LogP contribution is 2.33. The first-order chi connectivity index (χ1) is 16.1. The van der Waals surface area contributed by atoms with E-state index >= 15 is 0 Å². The Labute approximate surface area is 196 Å². The van der Waals surface area contributed by atoms with Crippen LogP contribution >= 0.6 is 11.3 Å². The van der Waals surface area contributed by atoms with Crippen LogP contribution in [0.1, 0.15) is 21.6 Å². The number of thiazole rings is 1. The zero-order valence-corrected chi connectivity index (χ0v) is 19.5. The monoisotopic (exact) mass is 466 g/mol. The van der Waals surface area contributed by atoms with Crippen LogP contribution in [0.3, 0.4) is 0 Å². The minimum absolute atomic E-state index is 0.0294. The highest BCUT2D eigenvalue weighted by molar-refractivity contribution is 7.14. The molecule has 1 N–H and O–H groups in total. The molecule has 0 radical (unpaired) electrons. The lowest BCUT2D eigenvalue weighted by Gasteiger charge is -2.34. The highest BCUT2D eigenvalue weighted by Gasteiger charge is 2.24. The van der Waals surface area contributed by atoms with Crippen molar-refractivity contribution in [2.75, 3.05) is 45.4 Å². The molecular formula is C24H26N4O4S. The third-order valence-electron chi connectivity index (χ3n) is 5.82. The Morgan fingerprint density at radius 1 is 1.12 bits per heavy atom. The molecule has 33 heavy (non-hydrogen) atoms. The lowest BCUT2D eigenvalue weighted by atomic mass is 10.1. The smallest absolute Gasteiger partial charge is 0.273 e. The maximum atomic E-state index is 13.0. The molecule has 3 aromatic rings. The average Bonchev–Trinajstić information content (AvgIpc) is 3.49. The van der Waals surface area contributed by atoms with Crippen LogP contribution in [-0.2, 0) is 6.54 Å². The maximum Gasteiger partial charge on any atom is 0.273 e. The van der Waals surface area contributed by atoms with Gasteiger partial charge in [0.05, 0.1) is 12.8 Å². The van der Waals surface area contributed by atoms with Gasteiger partial charge in [-0.25, -0.2) is 4.98 Å². The van der Waals surface area contributed by atoms with E-state index in [4.69, 9.17) is 14.2 Å². The Balaban J connectivity index is 1.17. The average molecular weight is 467 g/mol. The number of hydrogen-bond acceptors (Lipinski definition) is 8. The molecule has 1 saturated heterocycles.